The second-order valence-corrected chi connectivity index (χ2v) is 13.0. The third-order valence-corrected chi connectivity index (χ3v) is 15.1. The average molecular weight is 408 g/mol. The van der Waals surface area contributed by atoms with Crippen molar-refractivity contribution in [2.75, 3.05) is 6.66 Å². The fraction of sp³-hybridized carbons (Fsp3) is 0.368. The maximum absolute atomic E-state index is 2.58. The quantitative estimate of drug-likeness (QED) is 0.495. The second kappa shape index (κ2) is 6.49. The zero-order valence-corrected chi connectivity index (χ0v) is 16.3. The van der Waals surface area contributed by atoms with Crippen LogP contribution in [0.2, 0.25) is 3.63 Å². The van der Waals surface area contributed by atoms with Gasteiger partial charge in [0.25, 0.3) is 0 Å². The molecule has 1 aromatic rings. The van der Waals surface area contributed by atoms with Crippen LogP contribution in [0.5, 0.6) is 0 Å². The maximum atomic E-state index is 2.58. The van der Waals surface area contributed by atoms with Crippen LogP contribution in [0.25, 0.3) is 6.08 Å². The van der Waals surface area contributed by atoms with Crippen LogP contribution in [0.1, 0.15) is 21.2 Å². The maximum Gasteiger partial charge on any atom is -1.00 e. The van der Waals surface area contributed by atoms with Gasteiger partial charge in [-0.3, -0.25) is 0 Å². The van der Waals surface area contributed by atoms with Gasteiger partial charge in [-0.1, -0.05) is 0 Å². The average Bonchev–Trinajstić information content (AvgIpc) is 3.07. The van der Waals surface area contributed by atoms with Crippen LogP contribution in [0.3, 0.4) is 0 Å². The number of hydrogen-bond acceptors (Lipinski definition) is 0. The van der Waals surface area contributed by atoms with E-state index in [-0.39, 0.29) is 17.3 Å². The molecule has 0 amide bonds. The van der Waals surface area contributed by atoms with Gasteiger partial charge in [0, 0.05) is 0 Å². The van der Waals surface area contributed by atoms with E-state index in [2.05, 4.69) is 61.3 Å². The molecule has 6 unspecified atom stereocenters. The predicted molar refractivity (Wildman–Crippen MR) is 87.4 cm³/mol. The van der Waals surface area contributed by atoms with Gasteiger partial charge in [0.05, 0.1) is 0 Å². The Bertz CT molecular complexity index is 696. The van der Waals surface area contributed by atoms with Gasteiger partial charge in [-0.2, -0.15) is 0 Å². The molecule has 0 radical (unpaired) electrons. The molecule has 0 spiro atoms. The topological polar surface area (TPSA) is 0 Å². The first-order valence-corrected chi connectivity index (χ1v) is 12.7. The van der Waals surface area contributed by atoms with Crippen molar-refractivity contribution in [3.8, 4) is 0 Å². The molecule has 6 atom stereocenters. The summed E-state index contributed by atoms with van der Waals surface area (Å²) in [6, 6.07) is 9.21. The monoisotopic (exact) mass is 406 g/mol. The molecule has 1 saturated heterocycles. The molecule has 1 aromatic carbocycles. The molecule has 4 aliphatic rings. The van der Waals surface area contributed by atoms with E-state index in [1.165, 1.54) is 6.42 Å². The van der Waals surface area contributed by atoms with Crippen LogP contribution in [0, 0.1) is 11.8 Å². The van der Waals surface area contributed by atoms with Gasteiger partial charge in [0.1, 0.15) is 0 Å². The van der Waals surface area contributed by atoms with Gasteiger partial charge in [-0.05, 0) is 0 Å². The molecule has 3 aliphatic carbocycles. The number of rotatable bonds is 0. The van der Waals surface area contributed by atoms with Crippen LogP contribution < -0.4 is 9.41 Å². The van der Waals surface area contributed by atoms with Crippen molar-refractivity contribution in [2.24, 2.45) is 11.8 Å². The molecule has 0 aromatic heterocycles. The summed E-state index contributed by atoms with van der Waals surface area (Å²) < 4.78 is 1.99. The fourth-order valence-electron chi connectivity index (χ4n) is 4.77. The van der Waals surface area contributed by atoms with Crippen LogP contribution in [-0.2, 0) is 23.2 Å². The number of halogens is 2. The summed E-state index contributed by atoms with van der Waals surface area (Å²) in [6.45, 7) is 2.58. The molecule has 2 fully saturated rings. The first kappa shape index (κ1) is 17.4. The molecule has 0 bridgehead atoms. The van der Waals surface area contributed by atoms with Crippen molar-refractivity contribution in [3.05, 3.63) is 65.0 Å². The van der Waals surface area contributed by atoms with E-state index in [4.69, 9.17) is 0 Å². The predicted octanol–water partition coefficient (Wildman–Crippen LogP) is -0.783. The van der Waals surface area contributed by atoms with Gasteiger partial charge in [0.2, 0.25) is 0 Å². The van der Waals surface area contributed by atoms with Gasteiger partial charge >= 0.3 is 140 Å². The minimum Gasteiger partial charge on any atom is -1.00 e. The third kappa shape index (κ3) is 2.50. The largest absolute Gasteiger partial charge is 1.00 e. The van der Waals surface area contributed by atoms with Crippen molar-refractivity contribution in [1.29, 1.82) is 0 Å². The number of hydrogen-bond donors (Lipinski definition) is 0. The molecule has 118 valence electrons. The number of benzene rings is 1. The molecule has 1 aliphatic heterocycles. The van der Waals surface area contributed by atoms with Gasteiger partial charge in [-0.25, -0.2) is 0 Å². The Balaban J connectivity index is 0.000000781. The Morgan fingerprint density at radius 1 is 1.09 bits per heavy atom. The summed E-state index contributed by atoms with van der Waals surface area (Å²) in [6.07, 6.45) is 13.7. The van der Waals surface area contributed by atoms with Crippen LogP contribution in [0.4, 0.5) is 0 Å². The van der Waals surface area contributed by atoms with Crippen LogP contribution >= 0.6 is 7.92 Å². The summed E-state index contributed by atoms with van der Waals surface area (Å²) in [5.41, 5.74) is 4.26. The van der Waals surface area contributed by atoms with E-state index < -0.39 is 23.2 Å². The van der Waals surface area contributed by atoms with Crippen molar-refractivity contribution in [3.63, 3.8) is 0 Å². The van der Waals surface area contributed by atoms with Crippen molar-refractivity contribution >= 4 is 14.0 Å². The SMILES string of the molecule is CP1C2=Cc3ccccc3[CH]2[Zr+2][CH]2C3C=CC=CC3CC21.[F-].[F-]. The summed E-state index contributed by atoms with van der Waals surface area (Å²) in [5, 5.41) is 1.87. The number of fused-ring (bicyclic) bond motifs is 6. The zero-order valence-electron chi connectivity index (χ0n) is 13.0. The van der Waals surface area contributed by atoms with Gasteiger partial charge in [0.15, 0.2) is 0 Å². The summed E-state index contributed by atoms with van der Waals surface area (Å²) in [7, 11) is 0.0802. The van der Waals surface area contributed by atoms with Crippen molar-refractivity contribution < 1.29 is 32.6 Å². The fourth-order valence-corrected chi connectivity index (χ4v) is 16.3. The molecule has 5 rings (SSSR count). The smallest absolute Gasteiger partial charge is 1.00 e. The first-order chi connectivity index (χ1) is 10.3. The van der Waals surface area contributed by atoms with E-state index in [1.807, 2.05) is 5.31 Å². The Morgan fingerprint density at radius 2 is 1.87 bits per heavy atom. The Hall–Kier alpha value is -0.387. The molecule has 0 nitrogen and oxygen atoms in total. The summed E-state index contributed by atoms with van der Waals surface area (Å²) in [4.78, 5) is 0. The first-order valence-electron chi connectivity index (χ1n) is 7.97. The van der Waals surface area contributed by atoms with Crippen molar-refractivity contribution in [2.45, 2.75) is 19.3 Å². The summed E-state index contributed by atoms with van der Waals surface area (Å²) >= 11 is -0.405. The number of allylic oxidation sites excluding steroid dienone is 5. The Labute approximate surface area is 149 Å². The van der Waals surface area contributed by atoms with E-state index in [0.717, 1.165) is 24.7 Å². The minimum absolute atomic E-state index is 0. The molecule has 23 heavy (non-hydrogen) atoms. The Morgan fingerprint density at radius 3 is 2.74 bits per heavy atom. The Kier molecular flexibility index (Phi) is 4.92. The molecule has 0 N–H and O–H groups in total. The van der Waals surface area contributed by atoms with Gasteiger partial charge < -0.3 is 9.41 Å². The molecule has 4 heteroatoms. The standard InChI is InChI=1S/C19H19P.2FH.Zr/c1-20(18-10-14-6-2-3-7-15(14)11-18)19-12-16-8-4-5-9-17(16)13-19;;;/h2-12,16-17,19H,13H2,1H3;2*1H;/q;;;+2/p-2. The summed E-state index contributed by atoms with van der Waals surface area (Å²) in [5.74, 6) is 1.76. The second-order valence-electron chi connectivity index (χ2n) is 6.75. The molecular formula is C19H19F2PZr. The van der Waals surface area contributed by atoms with Crippen molar-refractivity contribution in [1.82, 2.24) is 0 Å². The van der Waals surface area contributed by atoms with E-state index >= 15 is 0 Å². The molecule has 1 heterocycles. The minimum atomic E-state index is -0.405. The third-order valence-electron chi connectivity index (χ3n) is 5.81. The zero-order chi connectivity index (χ0) is 14.0. The van der Waals surface area contributed by atoms with Crippen LogP contribution in [-0.4, -0.2) is 12.3 Å². The van der Waals surface area contributed by atoms with Gasteiger partial charge in [-0.15, -0.1) is 0 Å². The normalized spacial score (nSPS) is 37.7. The van der Waals surface area contributed by atoms with E-state index in [9.17, 15) is 0 Å². The molecule has 1 saturated carbocycles. The van der Waals surface area contributed by atoms with E-state index in [1.54, 1.807) is 11.1 Å². The van der Waals surface area contributed by atoms with E-state index in [0.29, 0.717) is 0 Å². The molecular weight excluding hydrogens is 388 g/mol. The van der Waals surface area contributed by atoms with Crippen LogP contribution in [0.15, 0.2) is 53.9 Å².